The molecule has 0 radical (unpaired) electrons. The van der Waals surface area contributed by atoms with Crippen LogP contribution < -0.4 is 0 Å². The second-order valence-corrected chi connectivity index (χ2v) is 2.50. The summed E-state index contributed by atoms with van der Waals surface area (Å²) < 4.78 is 3.97. The minimum Gasteiger partial charge on any atom is -0.391 e. The molecule has 1 aromatic rings. The van der Waals surface area contributed by atoms with E-state index in [9.17, 15) is 4.79 Å². The van der Waals surface area contributed by atoms with Crippen LogP contribution in [0, 0.1) is 0 Å². The van der Waals surface area contributed by atoms with E-state index in [0.29, 0.717) is 5.57 Å². The minimum absolute atomic E-state index is 0.356. The third kappa shape index (κ3) is 7.15. The number of rotatable bonds is 1. The maximum Gasteiger partial charge on any atom is 0.344 e. The molecule has 3 heteroatoms. The van der Waals surface area contributed by atoms with Crippen molar-refractivity contribution in [2.24, 2.45) is 0 Å². The Kier molecular flexibility index (Phi) is 6.73. The molecule has 0 aliphatic carbocycles. The first-order valence-electron chi connectivity index (χ1n) is 3.69. The van der Waals surface area contributed by atoms with Gasteiger partial charge in [0.1, 0.15) is 0 Å². The Labute approximate surface area is 83.8 Å². The third-order valence-corrected chi connectivity index (χ3v) is 1.26. The van der Waals surface area contributed by atoms with Gasteiger partial charge in [-0.15, -0.1) is 0 Å². The molecule has 0 atom stereocenters. The van der Waals surface area contributed by atoms with E-state index < -0.39 is 5.97 Å². The molecule has 0 aliphatic rings. The molecule has 0 amide bonds. The van der Waals surface area contributed by atoms with E-state index >= 15 is 0 Å². The van der Waals surface area contributed by atoms with Crippen molar-refractivity contribution in [1.29, 1.82) is 0 Å². The summed E-state index contributed by atoms with van der Waals surface area (Å²) in [5.41, 5.74) is 0.356. The van der Waals surface area contributed by atoms with Gasteiger partial charge in [-0.3, -0.25) is 0 Å². The zero-order valence-electron chi connectivity index (χ0n) is 7.43. The lowest BCUT2D eigenvalue weighted by atomic mass is 10.4. The lowest BCUT2D eigenvalue weighted by molar-refractivity contribution is -0.128. The van der Waals surface area contributed by atoms with Crippen LogP contribution in [-0.2, 0) is 8.98 Å². The Morgan fingerprint density at radius 1 is 1.15 bits per heavy atom. The fourth-order valence-electron chi connectivity index (χ4n) is 0.463. The van der Waals surface area contributed by atoms with Crippen molar-refractivity contribution < 1.29 is 8.98 Å². The van der Waals surface area contributed by atoms with Crippen molar-refractivity contribution in [1.82, 2.24) is 0 Å². The Morgan fingerprint density at radius 2 is 1.46 bits per heavy atom. The van der Waals surface area contributed by atoms with Crippen LogP contribution in [0.15, 0.2) is 48.6 Å². The molecular weight excluding hydrogens is 184 g/mol. The summed E-state index contributed by atoms with van der Waals surface area (Å²) in [6, 6.07) is 12.0. The maximum atomic E-state index is 10.1. The summed E-state index contributed by atoms with van der Waals surface area (Å²) in [4.78, 5) is 10.1. The van der Waals surface area contributed by atoms with Crippen LogP contribution >= 0.6 is 12.9 Å². The van der Waals surface area contributed by atoms with Gasteiger partial charge in [-0.25, -0.2) is 4.79 Å². The molecule has 0 spiro atoms. The molecule has 0 saturated carbocycles. The summed E-state index contributed by atoms with van der Waals surface area (Å²) >= 11 is 3.24. The zero-order valence-corrected chi connectivity index (χ0v) is 8.33. The topological polar surface area (TPSA) is 26.3 Å². The van der Waals surface area contributed by atoms with Crippen LogP contribution in [0.5, 0.6) is 0 Å². The molecule has 0 fully saturated rings. The van der Waals surface area contributed by atoms with Crippen LogP contribution in [-0.4, -0.2) is 5.97 Å². The van der Waals surface area contributed by atoms with Crippen molar-refractivity contribution >= 4 is 18.9 Å². The van der Waals surface area contributed by atoms with E-state index in [1.165, 1.54) is 0 Å². The molecule has 0 aromatic heterocycles. The molecule has 0 saturated heterocycles. The molecule has 0 heterocycles. The van der Waals surface area contributed by atoms with E-state index in [2.05, 4.69) is 23.7 Å². The first-order valence-corrected chi connectivity index (χ1v) is 4.06. The molecule has 13 heavy (non-hydrogen) atoms. The van der Waals surface area contributed by atoms with E-state index in [-0.39, 0.29) is 0 Å². The van der Waals surface area contributed by atoms with Crippen molar-refractivity contribution in [3.63, 3.8) is 0 Å². The highest BCUT2D eigenvalue weighted by Crippen LogP contribution is 1.91. The van der Waals surface area contributed by atoms with Crippen LogP contribution in [0.25, 0.3) is 0 Å². The van der Waals surface area contributed by atoms with Gasteiger partial charge in [0.05, 0.1) is 0 Å². The number of carbonyl (C=O) groups excluding carboxylic acids is 1. The predicted molar refractivity (Wildman–Crippen MR) is 56.3 cm³/mol. The summed E-state index contributed by atoms with van der Waals surface area (Å²) in [6.07, 6.45) is 0. The van der Waals surface area contributed by atoms with Gasteiger partial charge in [0.25, 0.3) is 0 Å². The number of hydrogen-bond acceptors (Lipinski definition) is 3. The Morgan fingerprint density at radius 3 is 1.54 bits per heavy atom. The fourth-order valence-corrected chi connectivity index (χ4v) is 0.619. The Bertz CT molecular complexity index is 230. The van der Waals surface area contributed by atoms with Crippen molar-refractivity contribution in [3.05, 3.63) is 48.6 Å². The van der Waals surface area contributed by atoms with E-state index in [4.69, 9.17) is 0 Å². The van der Waals surface area contributed by atoms with Crippen molar-refractivity contribution in [2.75, 3.05) is 0 Å². The number of carbonyl (C=O) groups is 1. The van der Waals surface area contributed by atoms with Gasteiger partial charge in [-0.1, -0.05) is 43.0 Å². The van der Waals surface area contributed by atoms with Gasteiger partial charge in [-0.05, 0) is 6.92 Å². The molecule has 0 aliphatic heterocycles. The normalized spacial score (nSPS) is 7.85. The second-order valence-electron chi connectivity index (χ2n) is 2.31. The highest BCUT2D eigenvalue weighted by Gasteiger charge is 1.96. The van der Waals surface area contributed by atoms with Gasteiger partial charge in [0.2, 0.25) is 0 Å². The van der Waals surface area contributed by atoms with Crippen LogP contribution in [0.4, 0.5) is 0 Å². The molecule has 1 aromatic carbocycles. The predicted octanol–water partition coefficient (Wildman–Crippen LogP) is 2.64. The highest BCUT2D eigenvalue weighted by molar-refractivity contribution is 7.75. The fraction of sp³-hybridized carbons (Fsp3) is 0.100. The molecule has 1 rings (SSSR count). The largest absolute Gasteiger partial charge is 0.391 e. The molecule has 2 nitrogen and oxygen atoms in total. The van der Waals surface area contributed by atoms with Crippen LogP contribution in [0.3, 0.4) is 0 Å². The summed E-state index contributed by atoms with van der Waals surface area (Å²) in [7, 11) is 0. The average Bonchev–Trinajstić information content (AvgIpc) is 2.20. The zero-order chi connectivity index (χ0) is 10.1. The SMILES string of the molecule is C=C(C)C(=O)OS.c1ccccc1. The molecule has 0 N–H and O–H groups in total. The average molecular weight is 196 g/mol. The van der Waals surface area contributed by atoms with Gasteiger partial charge < -0.3 is 4.18 Å². The van der Waals surface area contributed by atoms with Crippen molar-refractivity contribution in [2.45, 2.75) is 6.92 Å². The highest BCUT2D eigenvalue weighted by atomic mass is 32.1. The maximum absolute atomic E-state index is 10.1. The first kappa shape index (κ1) is 11.8. The van der Waals surface area contributed by atoms with Gasteiger partial charge >= 0.3 is 5.97 Å². The van der Waals surface area contributed by atoms with E-state index in [0.717, 1.165) is 0 Å². The number of hydrogen-bond donors (Lipinski definition) is 1. The summed E-state index contributed by atoms with van der Waals surface area (Å²) in [5.74, 6) is -0.483. The third-order valence-electron chi connectivity index (χ3n) is 1.10. The Hall–Kier alpha value is -1.22. The quantitative estimate of drug-likeness (QED) is 0.424. The summed E-state index contributed by atoms with van der Waals surface area (Å²) in [6.45, 7) is 4.86. The Balaban J connectivity index is 0.000000223. The molecule has 70 valence electrons. The van der Waals surface area contributed by atoms with Crippen LogP contribution in [0.1, 0.15) is 6.92 Å². The molecular formula is C10H12O2S. The lowest BCUT2D eigenvalue weighted by Gasteiger charge is -1.89. The van der Waals surface area contributed by atoms with Crippen LogP contribution in [0.2, 0.25) is 0 Å². The van der Waals surface area contributed by atoms with Crippen molar-refractivity contribution in [3.8, 4) is 0 Å². The van der Waals surface area contributed by atoms with E-state index in [1.54, 1.807) is 6.92 Å². The standard InChI is InChI=1S/C6H6.C4H6O2S/c1-2-4-6-5-3-1;1-3(2)4(5)6-7/h1-6H;7H,1H2,2H3. The number of benzene rings is 1. The lowest BCUT2D eigenvalue weighted by Crippen LogP contribution is -1.95. The molecule has 0 bridgehead atoms. The van der Waals surface area contributed by atoms with E-state index in [1.807, 2.05) is 36.4 Å². The second kappa shape index (κ2) is 7.43. The van der Waals surface area contributed by atoms with Gasteiger partial charge in [0.15, 0.2) is 0 Å². The minimum atomic E-state index is -0.483. The van der Waals surface area contributed by atoms with Gasteiger partial charge in [0, 0.05) is 18.5 Å². The summed E-state index contributed by atoms with van der Waals surface area (Å²) in [5, 5.41) is 0. The van der Waals surface area contributed by atoms with Gasteiger partial charge in [-0.2, -0.15) is 0 Å². The smallest absolute Gasteiger partial charge is 0.344 e. The molecule has 0 unspecified atom stereocenters. The number of thiol groups is 1. The monoisotopic (exact) mass is 196 g/mol. The first-order chi connectivity index (χ1) is 6.18.